The molecule has 0 aromatic rings. The summed E-state index contributed by atoms with van der Waals surface area (Å²) in [6.07, 6.45) is 13.3. The average molecular weight is 309 g/mol. The third kappa shape index (κ3) is 6.10. The summed E-state index contributed by atoms with van der Waals surface area (Å²) in [5, 5.41) is 0. The Balaban J connectivity index is 2.34. The van der Waals surface area contributed by atoms with Crippen LogP contribution in [-0.4, -0.2) is 24.8 Å². The molecule has 0 spiro atoms. The molecule has 22 heavy (non-hydrogen) atoms. The van der Waals surface area contributed by atoms with Gasteiger partial charge < -0.3 is 4.74 Å². The quantitative estimate of drug-likeness (QED) is 0.361. The molecule has 0 radical (unpaired) electrons. The van der Waals surface area contributed by atoms with E-state index in [1.165, 1.54) is 44.9 Å². The molecule has 1 aliphatic heterocycles. The molecule has 0 amide bonds. The van der Waals surface area contributed by atoms with Crippen LogP contribution in [0.25, 0.3) is 0 Å². The van der Waals surface area contributed by atoms with Crippen LogP contribution in [0, 0.1) is 5.41 Å². The minimum absolute atomic E-state index is 0.0707. The number of carbonyl (C=O) groups excluding carboxylic acids is 1. The molecule has 1 aliphatic rings. The number of esters is 1. The van der Waals surface area contributed by atoms with Gasteiger partial charge in [-0.2, -0.15) is 0 Å². The molecule has 3 nitrogen and oxygen atoms in total. The monoisotopic (exact) mass is 309 g/mol. The van der Waals surface area contributed by atoms with Gasteiger partial charge in [-0.15, -0.1) is 0 Å². The Morgan fingerprint density at radius 2 is 1.73 bits per heavy atom. The standard InChI is InChI=1S/C19H35NO2/c1-4-6-7-8-9-10-11-12-15-19(3,18(21)22-5-2)17-14-13-16-20-17/h4-16H2,1-3H3. The molecule has 1 rings (SSSR count). The molecule has 128 valence electrons. The van der Waals surface area contributed by atoms with E-state index in [2.05, 4.69) is 11.9 Å². The van der Waals surface area contributed by atoms with Gasteiger partial charge in [0.15, 0.2) is 0 Å². The molecule has 0 fully saturated rings. The van der Waals surface area contributed by atoms with Gasteiger partial charge in [0.2, 0.25) is 0 Å². The molecule has 1 atom stereocenters. The van der Waals surface area contributed by atoms with Crippen molar-refractivity contribution >= 4 is 11.7 Å². The molecule has 0 aliphatic carbocycles. The highest BCUT2D eigenvalue weighted by atomic mass is 16.5. The van der Waals surface area contributed by atoms with E-state index in [4.69, 9.17) is 4.74 Å². The number of rotatable bonds is 12. The summed E-state index contributed by atoms with van der Waals surface area (Å²) in [7, 11) is 0. The van der Waals surface area contributed by atoms with E-state index in [-0.39, 0.29) is 5.97 Å². The van der Waals surface area contributed by atoms with Crippen LogP contribution in [0.3, 0.4) is 0 Å². The van der Waals surface area contributed by atoms with E-state index >= 15 is 0 Å². The second-order valence-corrected chi connectivity index (χ2v) is 6.71. The summed E-state index contributed by atoms with van der Waals surface area (Å²) in [4.78, 5) is 17.0. The molecule has 0 bridgehead atoms. The zero-order chi connectivity index (χ0) is 16.3. The van der Waals surface area contributed by atoms with Gasteiger partial charge >= 0.3 is 5.97 Å². The normalized spacial score (nSPS) is 17.1. The Morgan fingerprint density at radius 3 is 2.27 bits per heavy atom. The second-order valence-electron chi connectivity index (χ2n) is 6.71. The van der Waals surface area contributed by atoms with Crippen molar-refractivity contribution in [3.8, 4) is 0 Å². The van der Waals surface area contributed by atoms with Crippen molar-refractivity contribution in [1.29, 1.82) is 0 Å². The summed E-state index contributed by atoms with van der Waals surface area (Å²) in [6, 6.07) is 0. The maximum absolute atomic E-state index is 12.4. The van der Waals surface area contributed by atoms with Gasteiger partial charge in [-0.3, -0.25) is 9.79 Å². The highest BCUT2D eigenvalue weighted by Crippen LogP contribution is 2.32. The lowest BCUT2D eigenvalue weighted by Crippen LogP contribution is -2.37. The van der Waals surface area contributed by atoms with Crippen LogP contribution in [0.1, 0.15) is 91.4 Å². The molecular formula is C19H35NO2. The Bertz CT molecular complexity index is 351. The molecule has 0 aromatic carbocycles. The smallest absolute Gasteiger partial charge is 0.317 e. The summed E-state index contributed by atoms with van der Waals surface area (Å²) in [5.74, 6) is -0.0707. The van der Waals surface area contributed by atoms with Gasteiger partial charge in [0, 0.05) is 12.3 Å². The van der Waals surface area contributed by atoms with E-state index in [0.29, 0.717) is 6.61 Å². The van der Waals surface area contributed by atoms with Crippen LogP contribution in [0.5, 0.6) is 0 Å². The number of hydrogen-bond acceptors (Lipinski definition) is 3. The van der Waals surface area contributed by atoms with E-state index in [1.54, 1.807) is 0 Å². The number of carbonyl (C=O) groups is 1. The molecule has 0 saturated carbocycles. The summed E-state index contributed by atoms with van der Waals surface area (Å²) < 4.78 is 5.32. The molecular weight excluding hydrogens is 274 g/mol. The first-order valence-electron chi connectivity index (χ1n) is 9.36. The van der Waals surface area contributed by atoms with Crippen molar-refractivity contribution in [2.24, 2.45) is 10.4 Å². The molecule has 3 heteroatoms. The number of aliphatic imine (C=N–C) groups is 1. The molecule has 0 saturated heterocycles. The lowest BCUT2D eigenvalue weighted by Gasteiger charge is -2.27. The van der Waals surface area contributed by atoms with Gasteiger partial charge in [0.05, 0.1) is 6.61 Å². The fourth-order valence-corrected chi connectivity index (χ4v) is 3.26. The van der Waals surface area contributed by atoms with E-state index < -0.39 is 5.41 Å². The van der Waals surface area contributed by atoms with Crippen LogP contribution in [-0.2, 0) is 9.53 Å². The minimum Gasteiger partial charge on any atom is -0.465 e. The minimum atomic E-state index is -0.477. The third-order valence-electron chi connectivity index (χ3n) is 4.77. The predicted octanol–water partition coefficient (Wildman–Crippen LogP) is 5.32. The van der Waals surface area contributed by atoms with Crippen molar-refractivity contribution in [1.82, 2.24) is 0 Å². The second kappa shape index (κ2) is 10.8. The zero-order valence-corrected chi connectivity index (χ0v) is 15.0. The number of nitrogens with zero attached hydrogens (tertiary/aromatic N) is 1. The average Bonchev–Trinajstić information content (AvgIpc) is 3.05. The highest BCUT2D eigenvalue weighted by Gasteiger charge is 2.40. The zero-order valence-electron chi connectivity index (χ0n) is 15.0. The summed E-state index contributed by atoms with van der Waals surface area (Å²) >= 11 is 0. The van der Waals surface area contributed by atoms with Crippen LogP contribution >= 0.6 is 0 Å². The molecule has 1 heterocycles. The predicted molar refractivity (Wildman–Crippen MR) is 93.5 cm³/mol. The van der Waals surface area contributed by atoms with Gasteiger partial charge in [0.1, 0.15) is 5.41 Å². The first-order valence-corrected chi connectivity index (χ1v) is 9.36. The van der Waals surface area contributed by atoms with E-state index in [1.807, 2.05) is 13.8 Å². The van der Waals surface area contributed by atoms with Gasteiger partial charge in [0.25, 0.3) is 0 Å². The largest absolute Gasteiger partial charge is 0.465 e. The molecule has 0 N–H and O–H groups in total. The Morgan fingerprint density at radius 1 is 1.09 bits per heavy atom. The third-order valence-corrected chi connectivity index (χ3v) is 4.77. The Labute approximate surface area is 136 Å². The first kappa shape index (κ1) is 19.2. The Hall–Kier alpha value is -0.860. The lowest BCUT2D eigenvalue weighted by atomic mass is 9.78. The van der Waals surface area contributed by atoms with Crippen LogP contribution in [0.4, 0.5) is 0 Å². The summed E-state index contributed by atoms with van der Waals surface area (Å²) in [5.41, 5.74) is 0.600. The first-order chi connectivity index (χ1) is 10.6. The van der Waals surface area contributed by atoms with Gasteiger partial charge in [-0.05, 0) is 33.1 Å². The SMILES string of the molecule is CCCCCCCCCCC(C)(C(=O)OCC)C1=NCCC1. The molecule has 0 aromatic heterocycles. The number of hydrogen-bond donors (Lipinski definition) is 0. The fraction of sp³-hybridized carbons (Fsp3) is 0.895. The van der Waals surface area contributed by atoms with Crippen molar-refractivity contribution in [2.45, 2.75) is 91.4 Å². The lowest BCUT2D eigenvalue weighted by molar-refractivity contribution is -0.150. The van der Waals surface area contributed by atoms with Crippen LogP contribution < -0.4 is 0 Å². The van der Waals surface area contributed by atoms with Crippen molar-refractivity contribution < 1.29 is 9.53 Å². The maximum Gasteiger partial charge on any atom is 0.317 e. The van der Waals surface area contributed by atoms with Crippen LogP contribution in [0.15, 0.2) is 4.99 Å². The van der Waals surface area contributed by atoms with Crippen molar-refractivity contribution in [3.63, 3.8) is 0 Å². The van der Waals surface area contributed by atoms with Gasteiger partial charge in [-0.25, -0.2) is 0 Å². The fourth-order valence-electron chi connectivity index (χ4n) is 3.26. The topological polar surface area (TPSA) is 38.7 Å². The maximum atomic E-state index is 12.4. The van der Waals surface area contributed by atoms with Crippen molar-refractivity contribution in [3.05, 3.63) is 0 Å². The van der Waals surface area contributed by atoms with Crippen LogP contribution in [0.2, 0.25) is 0 Å². The number of ether oxygens (including phenoxy) is 1. The van der Waals surface area contributed by atoms with E-state index in [0.717, 1.165) is 37.9 Å². The Kier molecular flexibility index (Phi) is 9.42. The van der Waals surface area contributed by atoms with E-state index in [9.17, 15) is 4.79 Å². The van der Waals surface area contributed by atoms with Gasteiger partial charge in [-0.1, -0.05) is 58.3 Å². The molecule has 1 unspecified atom stereocenters. The van der Waals surface area contributed by atoms with Crippen molar-refractivity contribution in [2.75, 3.05) is 13.2 Å². The summed E-state index contributed by atoms with van der Waals surface area (Å²) in [6.45, 7) is 7.50. The highest BCUT2D eigenvalue weighted by molar-refractivity contribution is 6.06. The number of unbranched alkanes of at least 4 members (excludes halogenated alkanes) is 7.